The molecule has 20 heavy (non-hydrogen) atoms. The van der Waals surface area contributed by atoms with Crippen LogP contribution in [0.1, 0.15) is 6.92 Å². The molecule has 13 heteroatoms. The first-order valence-electron chi connectivity index (χ1n) is 4.24. The molecule has 0 aliphatic heterocycles. The summed E-state index contributed by atoms with van der Waals surface area (Å²) in [5.74, 6) is -16.1. The summed E-state index contributed by atoms with van der Waals surface area (Å²) in [6.45, 7) is 0.397. The lowest BCUT2D eigenvalue weighted by Gasteiger charge is -2.32. The normalized spacial score (nSPS) is 16.4. The van der Waals surface area contributed by atoms with Crippen molar-refractivity contribution in [2.45, 2.75) is 30.2 Å². The molecule has 0 bridgehead atoms. The van der Waals surface area contributed by atoms with Crippen LogP contribution >= 0.6 is 0 Å². The number of allylic oxidation sites excluding steroid dienone is 1. The Morgan fingerprint density at radius 1 is 0.900 bits per heavy atom. The predicted octanol–water partition coefficient (Wildman–Crippen LogP) is 3.25. The zero-order valence-corrected chi connectivity index (χ0v) is 9.97. The molecular weight excluding hydrogens is 335 g/mol. The van der Waals surface area contributed by atoms with Gasteiger partial charge in [0.05, 0.1) is 5.41 Å². The molecule has 0 heterocycles. The minimum atomic E-state index is -7.31. The number of hydrogen-bond donors (Lipinski definition) is 1. The van der Waals surface area contributed by atoms with Gasteiger partial charge in [-0.1, -0.05) is 0 Å². The van der Waals surface area contributed by atoms with Gasteiger partial charge in [-0.3, -0.25) is 0 Å². The van der Waals surface area contributed by atoms with E-state index in [0.717, 1.165) is 0 Å². The summed E-state index contributed by atoms with van der Waals surface area (Å²) < 4.78 is 132. The van der Waals surface area contributed by atoms with Crippen LogP contribution in [0.3, 0.4) is 0 Å². The van der Waals surface area contributed by atoms with Gasteiger partial charge >= 0.3 is 23.3 Å². The molecule has 0 saturated heterocycles. The van der Waals surface area contributed by atoms with Crippen LogP contribution in [0.15, 0.2) is 11.2 Å². The van der Waals surface area contributed by atoms with Gasteiger partial charge in [0, 0.05) is 0 Å². The van der Waals surface area contributed by atoms with Crippen molar-refractivity contribution in [1.82, 2.24) is 0 Å². The molecule has 0 atom stereocenters. The average Bonchev–Trinajstić information content (AvgIpc) is 2.12. The Labute approximate surface area is 105 Å². The van der Waals surface area contributed by atoms with Crippen LogP contribution in [0.25, 0.3) is 0 Å². The van der Waals surface area contributed by atoms with Crippen molar-refractivity contribution < 1.29 is 53.0 Å². The van der Waals surface area contributed by atoms with E-state index in [1.165, 1.54) is 0 Å². The van der Waals surface area contributed by atoms with E-state index in [9.17, 15) is 47.9 Å². The Kier molecular flexibility index (Phi) is 4.43. The van der Waals surface area contributed by atoms with Gasteiger partial charge in [0.2, 0.25) is 9.84 Å². The van der Waals surface area contributed by atoms with Crippen molar-refractivity contribution in [1.29, 1.82) is 0 Å². The summed E-state index contributed by atoms with van der Waals surface area (Å²) in [5.41, 5.74) is 0. The van der Waals surface area contributed by atoms with Crippen LogP contribution in [-0.4, -0.2) is 36.8 Å². The van der Waals surface area contributed by atoms with Crippen molar-refractivity contribution in [2.75, 3.05) is 0 Å². The summed E-state index contributed by atoms with van der Waals surface area (Å²) in [5, 5.41) is 0.620. The minimum absolute atomic E-state index is 0.397. The summed E-state index contributed by atoms with van der Waals surface area (Å²) in [7, 11) is -6.64. The fourth-order valence-electron chi connectivity index (χ4n) is 0.838. The molecule has 1 N–H and O–H groups in total. The molecule has 120 valence electrons. The van der Waals surface area contributed by atoms with E-state index in [-0.39, 0.29) is 0 Å². The minimum Gasteiger partial charge on any atom is -0.512 e. The maximum absolute atomic E-state index is 12.9. The Hall–Kier alpha value is -1.14. The largest absolute Gasteiger partial charge is 0.512 e. The molecule has 0 saturated carbocycles. The molecule has 0 unspecified atom stereocenters. The van der Waals surface area contributed by atoms with E-state index in [4.69, 9.17) is 5.11 Å². The van der Waals surface area contributed by atoms with Gasteiger partial charge in [0.15, 0.2) is 0 Å². The molecular formula is C7H5F9O3S. The Morgan fingerprint density at radius 2 is 1.25 bits per heavy atom. The number of aliphatic hydroxyl groups is 1. The number of alkyl halides is 9. The number of halogens is 9. The first kappa shape index (κ1) is 18.9. The third-order valence-corrected chi connectivity index (χ3v) is 3.42. The van der Waals surface area contributed by atoms with Crippen LogP contribution in [-0.2, 0) is 9.84 Å². The molecule has 0 aliphatic carbocycles. The molecule has 0 fully saturated rings. The van der Waals surface area contributed by atoms with E-state index < -0.39 is 44.3 Å². The van der Waals surface area contributed by atoms with E-state index >= 15 is 0 Å². The maximum Gasteiger partial charge on any atom is 0.460 e. The summed E-state index contributed by atoms with van der Waals surface area (Å²) >= 11 is 0. The highest BCUT2D eigenvalue weighted by atomic mass is 32.2. The van der Waals surface area contributed by atoms with Crippen LogP contribution in [0.5, 0.6) is 0 Å². The topological polar surface area (TPSA) is 54.4 Å². The van der Waals surface area contributed by atoms with Crippen LogP contribution < -0.4 is 0 Å². The predicted molar refractivity (Wildman–Crippen MR) is 46.2 cm³/mol. The SMILES string of the molecule is C/C(O)=C/S(=O)(=O)C(F)(F)C(F)(F)C(F)(F)C(F)(F)F. The second kappa shape index (κ2) is 4.70. The van der Waals surface area contributed by atoms with Gasteiger partial charge < -0.3 is 5.11 Å². The molecule has 0 spiro atoms. The van der Waals surface area contributed by atoms with Gasteiger partial charge in [-0.25, -0.2) is 8.42 Å². The zero-order chi connectivity index (χ0) is 16.8. The van der Waals surface area contributed by atoms with Crippen LogP contribution in [0.2, 0.25) is 0 Å². The Balaban J connectivity index is 6.15. The van der Waals surface area contributed by atoms with Gasteiger partial charge in [0.25, 0.3) is 0 Å². The lowest BCUT2D eigenvalue weighted by Crippen LogP contribution is -2.62. The van der Waals surface area contributed by atoms with E-state index in [1.54, 1.807) is 0 Å². The van der Waals surface area contributed by atoms with E-state index in [1.807, 2.05) is 0 Å². The van der Waals surface area contributed by atoms with Crippen LogP contribution in [0, 0.1) is 0 Å². The molecule has 0 aliphatic rings. The number of hydrogen-bond acceptors (Lipinski definition) is 3. The highest BCUT2D eigenvalue weighted by Crippen LogP contribution is 2.54. The van der Waals surface area contributed by atoms with Crippen LogP contribution in [0.4, 0.5) is 39.5 Å². The van der Waals surface area contributed by atoms with Crippen molar-refractivity contribution in [3.05, 3.63) is 11.2 Å². The molecule has 0 aromatic heterocycles. The smallest absolute Gasteiger partial charge is 0.460 e. The second-order valence-corrected chi connectivity index (χ2v) is 5.31. The Morgan fingerprint density at radius 3 is 1.50 bits per heavy atom. The average molecular weight is 340 g/mol. The maximum atomic E-state index is 12.9. The molecule has 0 rings (SSSR count). The number of sulfone groups is 1. The summed E-state index contributed by atoms with van der Waals surface area (Å²) in [6, 6.07) is 0. The highest BCUT2D eigenvalue weighted by molar-refractivity contribution is 7.95. The van der Waals surface area contributed by atoms with Gasteiger partial charge in [-0.2, -0.15) is 39.5 Å². The highest BCUT2D eigenvalue weighted by Gasteiger charge is 2.85. The summed E-state index contributed by atoms with van der Waals surface area (Å²) in [6.07, 6.45) is -7.12. The third-order valence-electron chi connectivity index (χ3n) is 1.80. The monoisotopic (exact) mass is 340 g/mol. The van der Waals surface area contributed by atoms with E-state index in [0.29, 0.717) is 6.92 Å². The molecule has 3 nitrogen and oxygen atoms in total. The Bertz CT molecular complexity index is 498. The van der Waals surface area contributed by atoms with E-state index in [2.05, 4.69) is 0 Å². The van der Waals surface area contributed by atoms with Crippen molar-refractivity contribution in [3.8, 4) is 0 Å². The fraction of sp³-hybridized carbons (Fsp3) is 0.714. The fourth-order valence-corrected chi connectivity index (χ4v) is 1.92. The van der Waals surface area contributed by atoms with Gasteiger partial charge in [-0.15, -0.1) is 0 Å². The first-order valence-corrected chi connectivity index (χ1v) is 5.78. The lowest BCUT2D eigenvalue weighted by atomic mass is 10.1. The summed E-state index contributed by atoms with van der Waals surface area (Å²) in [4.78, 5) is 0. The van der Waals surface area contributed by atoms with Crippen molar-refractivity contribution in [3.63, 3.8) is 0 Å². The molecule has 0 aromatic carbocycles. The molecule has 0 aromatic rings. The van der Waals surface area contributed by atoms with Gasteiger partial charge in [-0.05, 0) is 6.92 Å². The standard InChI is InChI=1S/C7H5F9O3S/c1-3(17)2-20(18,19)7(15,16)5(10,11)4(8,9)6(12,13)14/h2,17H,1H3/b3-2-. The third kappa shape index (κ3) is 2.67. The number of aliphatic hydroxyl groups excluding tert-OH is 1. The van der Waals surface area contributed by atoms with Gasteiger partial charge in [0.1, 0.15) is 5.76 Å². The number of rotatable bonds is 4. The van der Waals surface area contributed by atoms with Crippen molar-refractivity contribution in [2.24, 2.45) is 0 Å². The molecule has 0 radical (unpaired) electrons. The second-order valence-electron chi connectivity index (χ2n) is 3.47. The molecule has 0 amide bonds. The quantitative estimate of drug-likeness (QED) is 0.631. The first-order chi connectivity index (χ1) is 8.42. The van der Waals surface area contributed by atoms with Crippen molar-refractivity contribution >= 4 is 9.84 Å². The lowest BCUT2D eigenvalue weighted by molar-refractivity contribution is -0.382. The zero-order valence-electron chi connectivity index (χ0n) is 9.15.